The first-order valence-electron chi connectivity index (χ1n) is 21.6. The fraction of sp³-hybridized carbons (Fsp3) is 0.479. The van der Waals surface area contributed by atoms with E-state index in [0.717, 1.165) is 66.9 Å². The fourth-order valence-corrected chi connectivity index (χ4v) is 12.3. The number of aromatic nitrogens is 5. The summed E-state index contributed by atoms with van der Waals surface area (Å²) < 4.78 is 8.60. The van der Waals surface area contributed by atoms with E-state index in [1.54, 1.807) is 41.9 Å². The molecule has 322 valence electrons. The van der Waals surface area contributed by atoms with Gasteiger partial charge in [0.05, 0.1) is 21.9 Å². The number of anilines is 1. The Morgan fingerprint density at radius 3 is 2.35 bits per heavy atom. The molecule has 6 heterocycles. The van der Waals surface area contributed by atoms with Crippen LogP contribution in [0.1, 0.15) is 122 Å². The molecule has 4 aliphatic rings. The Morgan fingerprint density at radius 2 is 1.69 bits per heavy atom. The Hall–Kier alpha value is -5.16. The average molecular weight is 872 g/mol. The number of carbonyl (C=O) groups is 1. The van der Waals surface area contributed by atoms with E-state index in [4.69, 9.17) is 31.3 Å². The number of halogens is 1. The molecule has 1 saturated carbocycles. The van der Waals surface area contributed by atoms with Crippen molar-refractivity contribution in [1.29, 1.82) is 5.26 Å². The second-order valence-corrected chi connectivity index (χ2v) is 21.3. The molecule has 3 aromatic heterocycles. The van der Waals surface area contributed by atoms with Crippen molar-refractivity contribution in [2.75, 3.05) is 31.1 Å². The number of piperidine rings is 1. The number of hydrogen-bond donors (Lipinski definition) is 1. The maximum absolute atomic E-state index is 13.6. The van der Waals surface area contributed by atoms with Gasteiger partial charge in [0.2, 0.25) is 5.95 Å². The molecule has 1 aliphatic carbocycles. The average Bonchev–Trinajstić information content (AvgIpc) is 3.73. The number of carbonyl (C=O) groups excluding carboxylic acids is 1. The highest BCUT2D eigenvalue weighted by molar-refractivity contribution is 7.15. The van der Waals surface area contributed by atoms with Gasteiger partial charge < -0.3 is 15.0 Å². The van der Waals surface area contributed by atoms with Crippen molar-refractivity contribution < 1.29 is 9.53 Å². The van der Waals surface area contributed by atoms with E-state index in [1.165, 1.54) is 21.6 Å². The van der Waals surface area contributed by atoms with Crippen LogP contribution in [0, 0.1) is 48.3 Å². The highest BCUT2D eigenvalue weighted by atomic mass is 35.5. The summed E-state index contributed by atoms with van der Waals surface area (Å²) in [6, 6.07) is 16.0. The minimum Gasteiger partial charge on any atom is -0.489 e. The number of fused-ring (bicyclic) bond motifs is 3. The highest BCUT2D eigenvalue weighted by Gasteiger charge is 2.64. The van der Waals surface area contributed by atoms with Crippen molar-refractivity contribution in [3.05, 3.63) is 110 Å². The van der Waals surface area contributed by atoms with Gasteiger partial charge in [-0.3, -0.25) is 19.3 Å². The largest absolute Gasteiger partial charge is 0.489 e. The smallest absolute Gasteiger partial charge is 0.254 e. The zero-order valence-corrected chi connectivity index (χ0v) is 38.9. The second kappa shape index (κ2) is 15.0. The van der Waals surface area contributed by atoms with Crippen molar-refractivity contribution in [3.8, 4) is 16.8 Å². The van der Waals surface area contributed by atoms with Crippen LogP contribution >= 0.6 is 22.9 Å². The molecule has 1 atom stereocenters. The summed E-state index contributed by atoms with van der Waals surface area (Å²) in [4.78, 5) is 34.5. The number of nitrogens with one attached hydrogen (secondary N) is 1. The Kier molecular flexibility index (Phi) is 10.2. The molecule has 2 saturated heterocycles. The lowest BCUT2D eigenvalue weighted by atomic mass is 9.49. The fourth-order valence-electron chi connectivity index (χ4n) is 10.9. The minimum absolute atomic E-state index is 0.117. The molecule has 3 fully saturated rings. The number of thiophene rings is 1. The second-order valence-electron chi connectivity index (χ2n) is 19.6. The zero-order valence-electron chi connectivity index (χ0n) is 37.3. The first kappa shape index (κ1) is 42.2. The van der Waals surface area contributed by atoms with Crippen molar-refractivity contribution in [2.24, 2.45) is 21.2 Å². The molecule has 0 radical (unpaired) electrons. The predicted octanol–water partition coefficient (Wildman–Crippen LogP) is 8.93. The minimum atomic E-state index is -0.378. The van der Waals surface area contributed by atoms with Gasteiger partial charge in [-0.15, -0.1) is 21.5 Å². The van der Waals surface area contributed by atoms with Gasteiger partial charge in [0.15, 0.2) is 5.82 Å². The molecule has 14 heteroatoms. The van der Waals surface area contributed by atoms with E-state index >= 15 is 0 Å². The molecule has 0 unspecified atom stereocenters. The van der Waals surface area contributed by atoms with Gasteiger partial charge >= 0.3 is 0 Å². The lowest BCUT2D eigenvalue weighted by molar-refractivity contribution is -0.164. The summed E-state index contributed by atoms with van der Waals surface area (Å²) in [5.74, 6) is 2.82. The third-order valence-electron chi connectivity index (χ3n) is 14.3. The predicted molar refractivity (Wildman–Crippen MR) is 244 cm³/mol. The molecule has 12 nitrogen and oxygen atoms in total. The van der Waals surface area contributed by atoms with Crippen LogP contribution in [0.15, 0.2) is 59.9 Å². The van der Waals surface area contributed by atoms with Crippen LogP contribution in [0.4, 0.5) is 5.95 Å². The molecular formula is C48H55ClN10O2S. The van der Waals surface area contributed by atoms with E-state index in [9.17, 15) is 10.1 Å². The zero-order chi connectivity index (χ0) is 44.1. The molecule has 5 aromatic rings. The summed E-state index contributed by atoms with van der Waals surface area (Å²) >= 11 is 8.07. The number of benzene rings is 2. The maximum Gasteiger partial charge on any atom is 0.254 e. The van der Waals surface area contributed by atoms with Crippen molar-refractivity contribution in [3.63, 3.8) is 0 Å². The van der Waals surface area contributed by atoms with Gasteiger partial charge in [-0.05, 0) is 77.6 Å². The van der Waals surface area contributed by atoms with Gasteiger partial charge in [0.1, 0.15) is 34.8 Å². The van der Waals surface area contributed by atoms with Crippen molar-refractivity contribution in [1.82, 2.24) is 34.9 Å². The first-order chi connectivity index (χ1) is 29.3. The molecular weight excluding hydrogens is 816 g/mol. The molecule has 2 aromatic carbocycles. The molecule has 3 aliphatic heterocycles. The number of aryl methyl sites for hydroxylation is 2. The number of amides is 1. The Labute approximate surface area is 373 Å². The lowest BCUT2D eigenvalue weighted by Crippen LogP contribution is -2.74. The topological polar surface area (TPSA) is 137 Å². The Bertz CT molecular complexity index is 2630. The van der Waals surface area contributed by atoms with Crippen LogP contribution < -0.4 is 15.0 Å². The van der Waals surface area contributed by atoms with Crippen LogP contribution in [0.2, 0.25) is 5.02 Å². The highest BCUT2D eigenvalue weighted by Crippen LogP contribution is 2.56. The number of ether oxygens (including phenoxy) is 1. The van der Waals surface area contributed by atoms with E-state index in [1.807, 2.05) is 6.92 Å². The number of nitriles is 1. The van der Waals surface area contributed by atoms with E-state index < -0.39 is 0 Å². The third-order valence-corrected chi connectivity index (χ3v) is 15.8. The molecule has 62 heavy (non-hydrogen) atoms. The summed E-state index contributed by atoms with van der Waals surface area (Å²) in [5.41, 5.74) is 5.92. The number of likely N-dealkylation sites (tertiary alicyclic amines) is 1. The molecule has 1 N–H and O–H groups in total. The van der Waals surface area contributed by atoms with Crippen LogP contribution in [-0.2, 0) is 5.54 Å². The third kappa shape index (κ3) is 6.81. The van der Waals surface area contributed by atoms with Gasteiger partial charge in [-0.2, -0.15) is 5.26 Å². The SMILES string of the molecule is Cc1sc2c(c1C)C(c1ccc(C(C)(C)N3CC4(CCCN(c5ncc(C(=O)NC6C(C)(C)C(Oc7ccc(C#N)c(Cl)c7)C6(C)C)cn5)C4)C3)cc1)=N[C@@H](C)c1nnc(C)n1-2. The van der Waals surface area contributed by atoms with Crippen LogP contribution in [-0.4, -0.2) is 79.6 Å². The van der Waals surface area contributed by atoms with Crippen LogP contribution in [0.5, 0.6) is 5.75 Å². The van der Waals surface area contributed by atoms with E-state index in [0.29, 0.717) is 27.8 Å². The number of rotatable bonds is 8. The Morgan fingerprint density at radius 1 is 1.00 bits per heavy atom. The van der Waals surface area contributed by atoms with Gasteiger partial charge in [0, 0.05) is 88.5 Å². The quantitative estimate of drug-likeness (QED) is 0.162. The number of nitrogens with zero attached hydrogens (tertiary/aromatic N) is 9. The molecule has 1 spiro atoms. The first-order valence-corrected chi connectivity index (χ1v) is 22.7. The standard InChI is InChI=1S/C48H55ClN10O2S/c1-27-29(3)62-41-37(27)38(53-28(2)39-56-55-30(4)59(39)41)31-12-15-34(16-13-31)47(9,10)58-25-48(26-58)18-11-19-57(24-48)44-51-22-33(23-52-44)40(60)54-42-45(5,6)43(46(42,7)8)61-35-17-14-32(21-50)36(49)20-35/h12-17,20,22-23,28,42-43H,11,18-19,24-26H2,1-10H3,(H,54,60)/t28-,42?,43?/m0/s1. The summed E-state index contributed by atoms with van der Waals surface area (Å²) in [6.45, 7) is 25.3. The molecule has 0 bridgehead atoms. The van der Waals surface area contributed by atoms with E-state index in [2.05, 4.69) is 123 Å². The summed E-state index contributed by atoms with van der Waals surface area (Å²) in [5, 5.41) is 22.9. The summed E-state index contributed by atoms with van der Waals surface area (Å²) in [6.07, 6.45) is 5.34. The molecule has 1 amide bonds. The van der Waals surface area contributed by atoms with Crippen LogP contribution in [0.3, 0.4) is 0 Å². The van der Waals surface area contributed by atoms with Crippen LogP contribution in [0.25, 0.3) is 5.00 Å². The normalized spacial score (nSPS) is 22.3. The Balaban J connectivity index is 0.832. The summed E-state index contributed by atoms with van der Waals surface area (Å²) in [7, 11) is 0. The monoisotopic (exact) mass is 870 g/mol. The van der Waals surface area contributed by atoms with Crippen molar-refractivity contribution in [2.45, 2.75) is 106 Å². The van der Waals surface area contributed by atoms with Gasteiger partial charge in [-0.1, -0.05) is 63.6 Å². The molecule has 9 rings (SSSR count). The maximum atomic E-state index is 13.6. The lowest BCUT2D eigenvalue weighted by Gasteiger charge is -2.63. The number of aliphatic imine (C=N–C) groups is 1. The van der Waals surface area contributed by atoms with Gasteiger partial charge in [0.25, 0.3) is 5.91 Å². The number of hydrogen-bond acceptors (Lipinski definition) is 11. The van der Waals surface area contributed by atoms with Crippen molar-refractivity contribution >= 4 is 40.5 Å². The van der Waals surface area contributed by atoms with E-state index in [-0.39, 0.29) is 45.9 Å². The van der Waals surface area contributed by atoms with Gasteiger partial charge in [-0.25, -0.2) is 9.97 Å².